The predicted octanol–water partition coefficient (Wildman–Crippen LogP) is 3.69. The summed E-state index contributed by atoms with van der Waals surface area (Å²) in [5.41, 5.74) is 2.90. The first-order chi connectivity index (χ1) is 16.5. The summed E-state index contributed by atoms with van der Waals surface area (Å²) < 4.78 is 5.74. The van der Waals surface area contributed by atoms with Gasteiger partial charge in [0.1, 0.15) is 17.4 Å². The number of amides is 2. The summed E-state index contributed by atoms with van der Waals surface area (Å²) >= 11 is 7.53. The predicted molar refractivity (Wildman–Crippen MR) is 135 cm³/mol. The lowest BCUT2D eigenvalue weighted by Gasteiger charge is -2.36. The molecule has 1 saturated heterocycles. The summed E-state index contributed by atoms with van der Waals surface area (Å²) in [5.74, 6) is 0.485. The van der Waals surface area contributed by atoms with Crippen molar-refractivity contribution in [2.24, 2.45) is 0 Å². The second-order valence-corrected chi connectivity index (χ2v) is 9.51. The molecule has 178 valence electrons. The lowest BCUT2D eigenvalue weighted by molar-refractivity contribution is -0.133. The Bertz CT molecular complexity index is 1130. The van der Waals surface area contributed by atoms with Crippen molar-refractivity contribution in [2.75, 3.05) is 37.6 Å². The van der Waals surface area contributed by atoms with Gasteiger partial charge in [-0.2, -0.15) is 0 Å². The van der Waals surface area contributed by atoms with E-state index in [1.165, 1.54) is 16.9 Å². The number of halogens is 1. The van der Waals surface area contributed by atoms with Crippen LogP contribution >= 0.6 is 22.9 Å². The topological polar surface area (TPSA) is 74.8 Å². The van der Waals surface area contributed by atoms with Gasteiger partial charge in [0.25, 0.3) is 0 Å². The number of aromatic nitrogens is 1. The molecule has 1 fully saturated rings. The standard InChI is InChI=1S/C25H27ClN4O3S/c1-18-5-7-22(8-6-18)33-16-24-28-20(17-34-24)14-23(31)27-15-25(32)30-11-9-29(10-12-30)21-4-2-3-19(26)13-21/h2-8,13,17H,9-12,14-16H2,1H3,(H,27,31). The molecular weight excluding hydrogens is 472 g/mol. The lowest BCUT2D eigenvalue weighted by atomic mass is 10.2. The van der Waals surface area contributed by atoms with Crippen LogP contribution in [0, 0.1) is 6.92 Å². The number of hydrogen-bond donors (Lipinski definition) is 1. The van der Waals surface area contributed by atoms with E-state index >= 15 is 0 Å². The van der Waals surface area contributed by atoms with E-state index in [4.69, 9.17) is 16.3 Å². The Morgan fingerprint density at radius 1 is 1.12 bits per heavy atom. The number of thiazole rings is 1. The van der Waals surface area contributed by atoms with E-state index in [9.17, 15) is 9.59 Å². The smallest absolute Gasteiger partial charge is 0.242 e. The summed E-state index contributed by atoms with van der Waals surface area (Å²) in [4.78, 5) is 33.3. The van der Waals surface area contributed by atoms with Crippen molar-refractivity contribution in [1.29, 1.82) is 0 Å². The summed E-state index contributed by atoms with van der Waals surface area (Å²) in [6.07, 6.45) is 0.136. The first-order valence-corrected chi connectivity index (χ1v) is 12.4. The highest BCUT2D eigenvalue weighted by atomic mass is 35.5. The maximum Gasteiger partial charge on any atom is 0.242 e. The quantitative estimate of drug-likeness (QED) is 0.512. The van der Waals surface area contributed by atoms with E-state index < -0.39 is 0 Å². The Hall–Kier alpha value is -3.10. The van der Waals surface area contributed by atoms with E-state index in [1.54, 1.807) is 4.90 Å². The van der Waals surface area contributed by atoms with Crippen LogP contribution in [-0.2, 0) is 22.6 Å². The summed E-state index contributed by atoms with van der Waals surface area (Å²) in [6, 6.07) is 15.5. The molecule has 2 aromatic carbocycles. The van der Waals surface area contributed by atoms with Crippen LogP contribution in [0.15, 0.2) is 53.9 Å². The molecule has 1 aliphatic rings. The van der Waals surface area contributed by atoms with Gasteiger partial charge in [-0.25, -0.2) is 4.98 Å². The molecule has 4 rings (SSSR count). The molecule has 9 heteroatoms. The molecule has 3 aromatic rings. The van der Waals surface area contributed by atoms with Crippen molar-refractivity contribution >= 4 is 40.4 Å². The van der Waals surface area contributed by atoms with Gasteiger partial charge in [-0.1, -0.05) is 35.4 Å². The molecule has 34 heavy (non-hydrogen) atoms. The van der Waals surface area contributed by atoms with Gasteiger partial charge < -0.3 is 19.9 Å². The monoisotopic (exact) mass is 498 g/mol. The first-order valence-electron chi connectivity index (χ1n) is 11.1. The van der Waals surface area contributed by atoms with Gasteiger partial charge >= 0.3 is 0 Å². The minimum absolute atomic E-state index is 0.0104. The van der Waals surface area contributed by atoms with Crippen molar-refractivity contribution in [3.63, 3.8) is 0 Å². The maximum atomic E-state index is 12.5. The van der Waals surface area contributed by atoms with Gasteiger partial charge in [-0.05, 0) is 37.3 Å². The van der Waals surface area contributed by atoms with Crippen molar-refractivity contribution in [3.05, 3.63) is 75.2 Å². The average molecular weight is 499 g/mol. The molecule has 0 spiro atoms. The highest BCUT2D eigenvalue weighted by Crippen LogP contribution is 2.21. The van der Waals surface area contributed by atoms with Crippen LogP contribution in [0.2, 0.25) is 5.02 Å². The number of hydrogen-bond acceptors (Lipinski definition) is 6. The zero-order chi connectivity index (χ0) is 23.9. The Kier molecular flexibility index (Phi) is 8.03. The number of nitrogens with one attached hydrogen (secondary N) is 1. The summed E-state index contributed by atoms with van der Waals surface area (Å²) in [7, 11) is 0. The molecule has 0 atom stereocenters. The number of ether oxygens (including phenoxy) is 1. The molecule has 1 aliphatic heterocycles. The van der Waals surface area contributed by atoms with Crippen LogP contribution in [-0.4, -0.2) is 54.4 Å². The third kappa shape index (κ3) is 6.71. The molecule has 0 unspecified atom stereocenters. The highest BCUT2D eigenvalue weighted by Gasteiger charge is 2.22. The molecule has 1 aromatic heterocycles. The first kappa shape index (κ1) is 24.0. The Morgan fingerprint density at radius 3 is 2.62 bits per heavy atom. The van der Waals surface area contributed by atoms with Crippen LogP contribution in [0.4, 0.5) is 5.69 Å². The van der Waals surface area contributed by atoms with E-state index in [-0.39, 0.29) is 24.8 Å². The molecule has 0 bridgehead atoms. The van der Waals surface area contributed by atoms with Gasteiger partial charge in [0.05, 0.1) is 18.7 Å². The number of carbonyl (C=O) groups excluding carboxylic acids is 2. The fraction of sp³-hybridized carbons (Fsp3) is 0.320. The molecule has 0 saturated carbocycles. The zero-order valence-electron chi connectivity index (χ0n) is 19.0. The van der Waals surface area contributed by atoms with Crippen molar-refractivity contribution in [2.45, 2.75) is 20.0 Å². The van der Waals surface area contributed by atoms with Crippen LogP contribution in [0.1, 0.15) is 16.3 Å². The second kappa shape index (κ2) is 11.4. The van der Waals surface area contributed by atoms with Gasteiger partial charge in [0.2, 0.25) is 11.8 Å². The van der Waals surface area contributed by atoms with Gasteiger partial charge in [-0.15, -0.1) is 11.3 Å². The average Bonchev–Trinajstić information content (AvgIpc) is 3.29. The molecular formula is C25H27ClN4O3S. The molecule has 0 radical (unpaired) electrons. The molecule has 7 nitrogen and oxygen atoms in total. The van der Waals surface area contributed by atoms with Crippen LogP contribution in [0.3, 0.4) is 0 Å². The number of nitrogens with zero attached hydrogens (tertiary/aromatic N) is 3. The van der Waals surface area contributed by atoms with Gasteiger partial charge in [0.15, 0.2) is 0 Å². The number of piperazine rings is 1. The number of rotatable bonds is 8. The minimum atomic E-state index is -0.220. The van der Waals surface area contributed by atoms with Crippen molar-refractivity contribution in [1.82, 2.24) is 15.2 Å². The van der Waals surface area contributed by atoms with E-state index in [2.05, 4.69) is 15.2 Å². The zero-order valence-corrected chi connectivity index (χ0v) is 20.6. The normalized spacial score (nSPS) is 13.6. The second-order valence-electron chi connectivity index (χ2n) is 8.14. The third-order valence-electron chi connectivity index (χ3n) is 5.57. The van der Waals surface area contributed by atoms with E-state index in [0.29, 0.717) is 30.4 Å². The van der Waals surface area contributed by atoms with Crippen molar-refractivity contribution < 1.29 is 14.3 Å². The number of carbonyl (C=O) groups is 2. The summed E-state index contributed by atoms with van der Waals surface area (Å²) in [6.45, 7) is 5.05. The third-order valence-corrected chi connectivity index (χ3v) is 6.67. The van der Waals surface area contributed by atoms with Crippen molar-refractivity contribution in [3.8, 4) is 5.75 Å². The van der Waals surface area contributed by atoms with E-state index in [0.717, 1.165) is 29.5 Å². The van der Waals surface area contributed by atoms with Crippen LogP contribution < -0.4 is 15.0 Å². The maximum absolute atomic E-state index is 12.5. The largest absolute Gasteiger partial charge is 0.486 e. The minimum Gasteiger partial charge on any atom is -0.486 e. The number of benzene rings is 2. The molecule has 1 N–H and O–H groups in total. The van der Waals surface area contributed by atoms with E-state index in [1.807, 2.05) is 60.8 Å². The number of aryl methyl sites for hydroxylation is 1. The Balaban J connectivity index is 1.17. The molecule has 2 heterocycles. The Morgan fingerprint density at radius 2 is 1.88 bits per heavy atom. The van der Waals surface area contributed by atoms with Gasteiger partial charge in [0, 0.05) is 42.3 Å². The lowest BCUT2D eigenvalue weighted by Crippen LogP contribution is -2.51. The fourth-order valence-corrected chi connectivity index (χ4v) is 4.57. The van der Waals surface area contributed by atoms with Crippen LogP contribution in [0.5, 0.6) is 5.75 Å². The van der Waals surface area contributed by atoms with Gasteiger partial charge in [-0.3, -0.25) is 9.59 Å². The fourth-order valence-electron chi connectivity index (χ4n) is 3.68. The molecule has 2 amide bonds. The molecule has 0 aliphatic carbocycles. The SMILES string of the molecule is Cc1ccc(OCc2nc(CC(=O)NCC(=O)N3CCN(c4cccc(Cl)c4)CC3)cs2)cc1. The van der Waals surface area contributed by atoms with Crippen LogP contribution in [0.25, 0.3) is 0 Å². The number of anilines is 1. The highest BCUT2D eigenvalue weighted by molar-refractivity contribution is 7.09. The summed E-state index contributed by atoms with van der Waals surface area (Å²) in [5, 5.41) is 6.08. The Labute approximate surface area is 208 Å².